The lowest BCUT2D eigenvalue weighted by Gasteiger charge is -2.08. The van der Waals surface area contributed by atoms with Crippen molar-refractivity contribution in [3.05, 3.63) is 58.2 Å². The molecular formula is C12H2B2F10O3. The summed E-state index contributed by atoms with van der Waals surface area (Å²) >= 11 is 0. The minimum atomic E-state index is -2.70. The lowest BCUT2D eigenvalue weighted by Crippen LogP contribution is -2.23. The summed E-state index contributed by atoms with van der Waals surface area (Å²) < 4.78 is 127. The Morgan fingerprint density at radius 3 is 1.07 bits per heavy atom. The molecule has 0 aliphatic rings. The first kappa shape index (κ1) is 22.6. The van der Waals surface area contributed by atoms with E-state index in [1.54, 1.807) is 0 Å². The second-order valence-corrected chi connectivity index (χ2v) is 4.33. The first-order chi connectivity index (χ1) is 12.3. The first-order valence-corrected chi connectivity index (χ1v) is 6.13. The van der Waals surface area contributed by atoms with E-state index in [1.807, 2.05) is 0 Å². The average Bonchev–Trinajstić information content (AvgIpc) is 2.63. The van der Waals surface area contributed by atoms with Gasteiger partial charge in [-0.2, -0.15) is 8.78 Å². The van der Waals surface area contributed by atoms with Crippen LogP contribution in [0.1, 0.15) is 0 Å². The van der Waals surface area contributed by atoms with Crippen LogP contribution < -0.4 is 10.1 Å². The summed E-state index contributed by atoms with van der Waals surface area (Å²) in [6, 6.07) is 0. The number of rotatable bonds is 2. The van der Waals surface area contributed by atoms with Gasteiger partial charge >= 0.3 is 7.32 Å². The standard InChI is InChI=1S/C6H2BF5O3.C6BF5/c8-1-2(9)4(11)6(15-7(13)14)5(12)3(1)10;7-1-2(8)4(10)6(12)5(11)3(1)9/h13-14H;. The Hall–Kier alpha value is -2.41. The second kappa shape index (κ2) is 8.52. The van der Waals surface area contributed by atoms with E-state index in [1.165, 1.54) is 0 Å². The summed E-state index contributed by atoms with van der Waals surface area (Å²) in [5.41, 5.74) is -1.37. The van der Waals surface area contributed by atoms with Gasteiger partial charge in [0.15, 0.2) is 34.8 Å². The van der Waals surface area contributed by atoms with Crippen LogP contribution in [-0.4, -0.2) is 25.2 Å². The van der Waals surface area contributed by atoms with Crippen molar-refractivity contribution in [3.8, 4) is 5.75 Å². The number of benzene rings is 2. The van der Waals surface area contributed by atoms with Gasteiger partial charge in [-0.3, -0.25) is 0 Å². The zero-order valence-corrected chi connectivity index (χ0v) is 12.2. The molecular weight excluding hydrogens is 404 g/mol. The van der Waals surface area contributed by atoms with E-state index in [4.69, 9.17) is 10.0 Å². The maximum absolute atomic E-state index is 12.7. The molecule has 0 aromatic heterocycles. The van der Waals surface area contributed by atoms with Crippen molar-refractivity contribution in [1.29, 1.82) is 0 Å². The number of hydrogen-bond donors (Lipinski definition) is 2. The Bertz CT molecular complexity index is 743. The van der Waals surface area contributed by atoms with E-state index < -0.39 is 76.7 Å². The average molecular weight is 406 g/mol. The van der Waals surface area contributed by atoms with Gasteiger partial charge in [-0.15, -0.1) is 0 Å². The smallest absolute Gasteiger partial charge is 0.507 e. The first-order valence-electron chi connectivity index (χ1n) is 6.13. The summed E-state index contributed by atoms with van der Waals surface area (Å²) in [6.45, 7) is 0. The van der Waals surface area contributed by atoms with E-state index in [0.29, 0.717) is 0 Å². The monoisotopic (exact) mass is 406 g/mol. The maximum Gasteiger partial charge on any atom is 0.707 e. The summed E-state index contributed by atoms with van der Waals surface area (Å²) in [7, 11) is 1.86. The third-order valence-corrected chi connectivity index (χ3v) is 2.64. The summed E-state index contributed by atoms with van der Waals surface area (Å²) in [4.78, 5) is 0. The molecule has 2 radical (unpaired) electrons. The highest BCUT2D eigenvalue weighted by atomic mass is 19.2. The van der Waals surface area contributed by atoms with Gasteiger partial charge in [0.25, 0.3) is 0 Å². The van der Waals surface area contributed by atoms with E-state index in [2.05, 4.69) is 12.5 Å². The van der Waals surface area contributed by atoms with Gasteiger partial charge in [-0.25, -0.2) is 35.1 Å². The molecule has 0 unspecified atom stereocenters. The quantitative estimate of drug-likeness (QED) is 0.347. The van der Waals surface area contributed by atoms with Crippen LogP contribution in [0.2, 0.25) is 0 Å². The Morgan fingerprint density at radius 2 is 0.778 bits per heavy atom. The Labute approximate surface area is 144 Å². The minimum Gasteiger partial charge on any atom is -0.507 e. The summed E-state index contributed by atoms with van der Waals surface area (Å²) in [6.07, 6.45) is 0. The molecule has 0 amide bonds. The lowest BCUT2D eigenvalue weighted by atomic mass is 9.94. The van der Waals surface area contributed by atoms with Crippen molar-refractivity contribution in [2.75, 3.05) is 0 Å². The van der Waals surface area contributed by atoms with Crippen LogP contribution >= 0.6 is 0 Å². The molecule has 2 aromatic rings. The van der Waals surface area contributed by atoms with Gasteiger partial charge < -0.3 is 14.7 Å². The molecule has 2 N–H and O–H groups in total. The number of halogens is 10. The summed E-state index contributed by atoms with van der Waals surface area (Å²) in [5.74, 6) is -23.4. The molecule has 0 atom stereocenters. The SMILES string of the molecule is OB(O)Oc1c(F)c(F)c(F)c(F)c1F.[B]c1c(F)c(F)c(F)c(F)c1F. The van der Waals surface area contributed by atoms with E-state index in [9.17, 15) is 43.9 Å². The van der Waals surface area contributed by atoms with Crippen molar-refractivity contribution in [1.82, 2.24) is 0 Å². The normalized spacial score (nSPS) is 10.4. The fraction of sp³-hybridized carbons (Fsp3) is 0. The van der Waals surface area contributed by atoms with Crippen molar-refractivity contribution in [2.24, 2.45) is 0 Å². The van der Waals surface area contributed by atoms with Crippen LogP contribution in [0.25, 0.3) is 0 Å². The highest BCUT2D eigenvalue weighted by Crippen LogP contribution is 2.29. The van der Waals surface area contributed by atoms with Crippen LogP contribution in [0.5, 0.6) is 5.75 Å². The fourth-order valence-corrected chi connectivity index (χ4v) is 1.42. The van der Waals surface area contributed by atoms with Gasteiger partial charge in [0.2, 0.25) is 29.1 Å². The van der Waals surface area contributed by atoms with Gasteiger partial charge in [0.1, 0.15) is 7.85 Å². The van der Waals surface area contributed by atoms with Crippen LogP contribution in [0.3, 0.4) is 0 Å². The largest absolute Gasteiger partial charge is 0.707 e. The number of hydrogen-bond acceptors (Lipinski definition) is 3. The third kappa shape index (κ3) is 4.47. The summed E-state index contributed by atoms with van der Waals surface area (Å²) in [5, 5.41) is 16.3. The van der Waals surface area contributed by atoms with Crippen molar-refractivity contribution >= 4 is 20.6 Å². The molecule has 0 saturated heterocycles. The third-order valence-electron chi connectivity index (χ3n) is 2.64. The van der Waals surface area contributed by atoms with E-state index in [-0.39, 0.29) is 0 Å². The van der Waals surface area contributed by atoms with Crippen molar-refractivity contribution in [3.63, 3.8) is 0 Å². The highest BCUT2D eigenvalue weighted by molar-refractivity contribution is 6.33. The molecule has 144 valence electrons. The Morgan fingerprint density at radius 1 is 0.519 bits per heavy atom. The molecule has 0 spiro atoms. The topological polar surface area (TPSA) is 49.7 Å². The van der Waals surface area contributed by atoms with Gasteiger partial charge in [0.05, 0.1) is 0 Å². The molecule has 27 heavy (non-hydrogen) atoms. The van der Waals surface area contributed by atoms with E-state index >= 15 is 0 Å². The molecule has 0 bridgehead atoms. The van der Waals surface area contributed by atoms with Gasteiger partial charge in [-0.05, 0) is 5.46 Å². The van der Waals surface area contributed by atoms with E-state index in [0.717, 1.165) is 0 Å². The van der Waals surface area contributed by atoms with Crippen LogP contribution in [0.4, 0.5) is 43.9 Å². The molecule has 15 heteroatoms. The van der Waals surface area contributed by atoms with Gasteiger partial charge in [-0.1, -0.05) is 0 Å². The van der Waals surface area contributed by atoms with Crippen molar-refractivity contribution in [2.45, 2.75) is 0 Å². The molecule has 0 aliphatic heterocycles. The second-order valence-electron chi connectivity index (χ2n) is 4.33. The van der Waals surface area contributed by atoms with Crippen LogP contribution in [-0.2, 0) is 0 Å². The predicted molar refractivity (Wildman–Crippen MR) is 68.7 cm³/mol. The van der Waals surface area contributed by atoms with Crippen LogP contribution in [0, 0.1) is 58.2 Å². The molecule has 0 fully saturated rings. The Kier molecular flexibility index (Phi) is 7.14. The molecule has 0 aliphatic carbocycles. The lowest BCUT2D eigenvalue weighted by molar-refractivity contribution is 0.263. The van der Waals surface area contributed by atoms with Crippen molar-refractivity contribution < 1.29 is 58.6 Å². The molecule has 2 rings (SSSR count). The zero-order chi connectivity index (χ0) is 21.2. The predicted octanol–water partition coefficient (Wildman–Crippen LogP) is 1.91. The van der Waals surface area contributed by atoms with Gasteiger partial charge in [0, 0.05) is 0 Å². The molecule has 0 heterocycles. The fourth-order valence-electron chi connectivity index (χ4n) is 1.42. The molecule has 3 nitrogen and oxygen atoms in total. The van der Waals surface area contributed by atoms with Crippen LogP contribution in [0.15, 0.2) is 0 Å². The minimum absolute atomic E-state index is 1.37. The zero-order valence-electron chi connectivity index (χ0n) is 12.2. The maximum atomic E-state index is 12.7. The highest BCUT2D eigenvalue weighted by Gasteiger charge is 2.29. The molecule has 0 saturated carbocycles. The molecule has 2 aromatic carbocycles. The Balaban J connectivity index is 0.000000277.